The molecule has 0 aliphatic carbocycles. The molecule has 2 heterocycles. The van der Waals surface area contributed by atoms with Gasteiger partial charge in [-0.05, 0) is 38.0 Å². The first-order valence-electron chi connectivity index (χ1n) is 9.79. The first-order chi connectivity index (χ1) is 14.2. The number of pyridine rings is 1. The molecular weight excluding hydrogens is 406 g/mol. The van der Waals surface area contributed by atoms with Gasteiger partial charge in [0.2, 0.25) is 5.91 Å². The number of rotatable bonds is 6. The Morgan fingerprint density at radius 1 is 1.23 bits per heavy atom. The van der Waals surface area contributed by atoms with Crippen molar-refractivity contribution in [3.05, 3.63) is 42.1 Å². The maximum atomic E-state index is 12.9. The second kappa shape index (κ2) is 8.91. The van der Waals surface area contributed by atoms with E-state index >= 15 is 0 Å². The first-order valence-corrected chi connectivity index (χ1v) is 11.9. The number of carbonyl (C=O) groups is 3. The standard InChI is InChI=1S/C21H25N3O5S/c1-14(23-20(26)17-7-3-9-18-16(17)8-4-10-22-18)21(27)24-11-5-6-15(12-24)19(25)13-30(2,28)29/h3-4,7-10,14-15H,5-6,11-13H2,1-2H3,(H,23,26)/t14-,15+/m1/s1. The number of benzene rings is 1. The highest BCUT2D eigenvalue weighted by molar-refractivity contribution is 7.91. The molecule has 2 amide bonds. The van der Waals surface area contributed by atoms with Gasteiger partial charge < -0.3 is 10.2 Å². The molecule has 0 bridgehead atoms. The quantitative estimate of drug-likeness (QED) is 0.735. The monoisotopic (exact) mass is 431 g/mol. The number of hydrogen-bond donors (Lipinski definition) is 1. The lowest BCUT2D eigenvalue weighted by Crippen LogP contribution is -2.51. The van der Waals surface area contributed by atoms with E-state index in [0.717, 1.165) is 6.26 Å². The van der Waals surface area contributed by atoms with Crippen LogP contribution in [0.3, 0.4) is 0 Å². The van der Waals surface area contributed by atoms with Crippen LogP contribution in [0.4, 0.5) is 0 Å². The van der Waals surface area contributed by atoms with Gasteiger partial charge in [-0.25, -0.2) is 8.42 Å². The molecule has 30 heavy (non-hydrogen) atoms. The van der Waals surface area contributed by atoms with Gasteiger partial charge in [0, 0.05) is 42.4 Å². The van der Waals surface area contributed by atoms with Gasteiger partial charge in [0.25, 0.3) is 5.91 Å². The van der Waals surface area contributed by atoms with Crippen LogP contribution in [0.25, 0.3) is 10.9 Å². The lowest BCUT2D eigenvalue weighted by atomic mass is 9.94. The number of piperidine rings is 1. The van der Waals surface area contributed by atoms with Crippen molar-refractivity contribution < 1.29 is 22.8 Å². The molecule has 9 heteroatoms. The van der Waals surface area contributed by atoms with Crippen molar-refractivity contribution in [2.45, 2.75) is 25.8 Å². The molecule has 0 saturated carbocycles. The predicted octanol–water partition coefficient (Wildman–Crippen LogP) is 1.21. The normalized spacial score (nSPS) is 18.1. The molecule has 1 aliphatic heterocycles. The highest BCUT2D eigenvalue weighted by Crippen LogP contribution is 2.20. The summed E-state index contributed by atoms with van der Waals surface area (Å²) in [6, 6.07) is 7.98. The SMILES string of the molecule is C[C@@H](NC(=O)c1cccc2ncccc12)C(=O)N1CCC[C@H](C(=O)CS(C)(=O)=O)C1. The molecule has 3 rings (SSSR count). The summed E-state index contributed by atoms with van der Waals surface area (Å²) in [6.45, 7) is 2.25. The zero-order valence-electron chi connectivity index (χ0n) is 17.0. The van der Waals surface area contributed by atoms with Crippen LogP contribution in [0.1, 0.15) is 30.1 Å². The van der Waals surface area contributed by atoms with Crippen molar-refractivity contribution in [1.82, 2.24) is 15.2 Å². The topological polar surface area (TPSA) is 114 Å². The third-order valence-electron chi connectivity index (χ3n) is 5.20. The Kier molecular flexibility index (Phi) is 6.50. The lowest BCUT2D eigenvalue weighted by Gasteiger charge is -2.33. The van der Waals surface area contributed by atoms with E-state index in [0.29, 0.717) is 35.9 Å². The van der Waals surface area contributed by atoms with Crippen LogP contribution < -0.4 is 5.32 Å². The fourth-order valence-corrected chi connectivity index (χ4v) is 4.48. The van der Waals surface area contributed by atoms with Gasteiger partial charge in [-0.1, -0.05) is 12.1 Å². The highest BCUT2D eigenvalue weighted by atomic mass is 32.2. The summed E-state index contributed by atoms with van der Waals surface area (Å²) in [4.78, 5) is 43.6. The molecule has 1 saturated heterocycles. The summed E-state index contributed by atoms with van der Waals surface area (Å²) >= 11 is 0. The van der Waals surface area contributed by atoms with E-state index in [9.17, 15) is 22.8 Å². The smallest absolute Gasteiger partial charge is 0.252 e. The highest BCUT2D eigenvalue weighted by Gasteiger charge is 2.32. The fraction of sp³-hybridized carbons (Fsp3) is 0.429. The van der Waals surface area contributed by atoms with Crippen LogP contribution >= 0.6 is 0 Å². The molecular formula is C21H25N3O5S. The van der Waals surface area contributed by atoms with E-state index < -0.39 is 27.5 Å². The Morgan fingerprint density at radius 3 is 2.73 bits per heavy atom. The number of nitrogens with one attached hydrogen (secondary N) is 1. The second-order valence-electron chi connectivity index (χ2n) is 7.73. The maximum absolute atomic E-state index is 12.9. The summed E-state index contributed by atoms with van der Waals surface area (Å²) in [5.41, 5.74) is 1.12. The zero-order chi connectivity index (χ0) is 21.9. The maximum Gasteiger partial charge on any atom is 0.252 e. The number of carbonyl (C=O) groups excluding carboxylic acids is 3. The van der Waals surface area contributed by atoms with Crippen molar-refractivity contribution >= 4 is 38.3 Å². The number of fused-ring (bicyclic) bond motifs is 1. The number of nitrogens with zero attached hydrogens (tertiary/aromatic N) is 2. The minimum absolute atomic E-state index is 0.172. The fourth-order valence-electron chi connectivity index (χ4n) is 3.73. The van der Waals surface area contributed by atoms with Gasteiger partial charge in [0.1, 0.15) is 11.8 Å². The van der Waals surface area contributed by atoms with Gasteiger partial charge in [0.15, 0.2) is 15.6 Å². The number of sulfone groups is 1. The van der Waals surface area contributed by atoms with Crippen molar-refractivity contribution in [2.24, 2.45) is 5.92 Å². The molecule has 1 fully saturated rings. The van der Waals surface area contributed by atoms with E-state index in [4.69, 9.17) is 0 Å². The first kappa shape index (κ1) is 21.9. The van der Waals surface area contributed by atoms with Crippen molar-refractivity contribution in [3.8, 4) is 0 Å². The van der Waals surface area contributed by atoms with Crippen molar-refractivity contribution in [1.29, 1.82) is 0 Å². The van der Waals surface area contributed by atoms with Crippen molar-refractivity contribution in [3.63, 3.8) is 0 Å². The molecule has 1 N–H and O–H groups in total. The number of likely N-dealkylation sites (tertiary alicyclic amines) is 1. The van der Waals surface area contributed by atoms with Crippen LogP contribution in [-0.4, -0.2) is 67.0 Å². The number of hydrogen-bond acceptors (Lipinski definition) is 6. The zero-order valence-corrected chi connectivity index (χ0v) is 17.8. The minimum atomic E-state index is -3.41. The Hall–Kier alpha value is -2.81. The molecule has 160 valence electrons. The molecule has 2 atom stereocenters. The lowest BCUT2D eigenvalue weighted by molar-refractivity contribution is -0.136. The third-order valence-corrected chi connectivity index (χ3v) is 6.01. The summed E-state index contributed by atoms with van der Waals surface area (Å²) in [7, 11) is -3.41. The third kappa shape index (κ3) is 5.21. The van der Waals surface area contributed by atoms with Crippen LogP contribution in [0.5, 0.6) is 0 Å². The van der Waals surface area contributed by atoms with Crippen LogP contribution in [0.2, 0.25) is 0 Å². The number of amides is 2. The largest absolute Gasteiger partial charge is 0.341 e. The number of ketones is 1. The summed E-state index contributed by atoms with van der Waals surface area (Å²) < 4.78 is 22.8. The molecule has 1 aromatic heterocycles. The van der Waals surface area contributed by atoms with Gasteiger partial charge in [-0.15, -0.1) is 0 Å². The summed E-state index contributed by atoms with van der Waals surface area (Å²) in [6.07, 6.45) is 3.84. The van der Waals surface area contributed by atoms with Gasteiger partial charge in [-0.3, -0.25) is 19.4 Å². The Morgan fingerprint density at radius 2 is 2.00 bits per heavy atom. The average molecular weight is 432 g/mol. The van der Waals surface area contributed by atoms with Crippen LogP contribution in [0.15, 0.2) is 36.5 Å². The minimum Gasteiger partial charge on any atom is -0.341 e. The van der Waals surface area contributed by atoms with Gasteiger partial charge in [0.05, 0.1) is 5.52 Å². The number of Topliss-reactive ketones (excluding diaryl/α,β-unsaturated/α-hetero) is 1. The molecule has 8 nitrogen and oxygen atoms in total. The van der Waals surface area contributed by atoms with Crippen LogP contribution in [-0.2, 0) is 19.4 Å². The molecule has 0 unspecified atom stereocenters. The molecule has 1 aromatic carbocycles. The summed E-state index contributed by atoms with van der Waals surface area (Å²) in [5, 5.41) is 3.42. The van der Waals surface area contributed by atoms with Gasteiger partial charge in [-0.2, -0.15) is 0 Å². The van der Waals surface area contributed by atoms with E-state index in [1.807, 2.05) is 6.07 Å². The Labute approximate surface area is 175 Å². The number of aromatic nitrogens is 1. The van der Waals surface area contributed by atoms with E-state index in [1.54, 1.807) is 37.4 Å². The molecule has 1 aliphatic rings. The van der Waals surface area contributed by atoms with Crippen LogP contribution in [0, 0.1) is 5.92 Å². The van der Waals surface area contributed by atoms with Gasteiger partial charge >= 0.3 is 0 Å². The van der Waals surface area contributed by atoms with E-state index in [1.165, 1.54) is 4.90 Å². The summed E-state index contributed by atoms with van der Waals surface area (Å²) in [5.74, 6) is -2.05. The van der Waals surface area contributed by atoms with E-state index in [-0.39, 0.29) is 24.1 Å². The molecule has 2 aromatic rings. The van der Waals surface area contributed by atoms with Crippen molar-refractivity contribution in [2.75, 3.05) is 25.1 Å². The molecule has 0 spiro atoms. The second-order valence-corrected chi connectivity index (χ2v) is 9.87. The predicted molar refractivity (Wildman–Crippen MR) is 113 cm³/mol. The van der Waals surface area contributed by atoms with E-state index in [2.05, 4.69) is 10.3 Å². The Balaban J connectivity index is 1.66. The molecule has 0 radical (unpaired) electrons. The Bertz CT molecular complexity index is 1080. The average Bonchev–Trinajstić information content (AvgIpc) is 2.71.